The first kappa shape index (κ1) is 18.3. The van der Waals surface area contributed by atoms with E-state index < -0.39 is 0 Å². The predicted molar refractivity (Wildman–Crippen MR) is 112 cm³/mol. The Morgan fingerprint density at radius 1 is 1.24 bits per heavy atom. The quantitative estimate of drug-likeness (QED) is 0.671. The number of halogens is 1. The summed E-state index contributed by atoms with van der Waals surface area (Å²) in [4.78, 5) is 28.2. The van der Waals surface area contributed by atoms with Gasteiger partial charge in [-0.1, -0.05) is 11.6 Å². The van der Waals surface area contributed by atoms with Gasteiger partial charge in [0.2, 0.25) is 5.82 Å². The van der Waals surface area contributed by atoms with E-state index in [0.717, 1.165) is 30.9 Å². The van der Waals surface area contributed by atoms with Crippen LogP contribution >= 0.6 is 11.6 Å². The van der Waals surface area contributed by atoms with Crippen LogP contribution in [-0.4, -0.2) is 56.5 Å². The fourth-order valence-corrected chi connectivity index (χ4v) is 3.72. The third-order valence-electron chi connectivity index (χ3n) is 5.30. The van der Waals surface area contributed by atoms with Crippen molar-refractivity contribution in [1.82, 2.24) is 29.7 Å². The van der Waals surface area contributed by atoms with Gasteiger partial charge in [0.15, 0.2) is 0 Å². The summed E-state index contributed by atoms with van der Waals surface area (Å²) >= 11 is 6.20. The number of hydrogen-bond acceptors (Lipinski definition) is 6. The monoisotopic (exact) mass is 411 g/mol. The Labute approximate surface area is 173 Å². The van der Waals surface area contributed by atoms with Crippen molar-refractivity contribution >= 4 is 40.0 Å². The Morgan fingerprint density at radius 3 is 2.86 bits per heavy atom. The van der Waals surface area contributed by atoms with Gasteiger partial charge in [0.1, 0.15) is 11.6 Å². The van der Waals surface area contributed by atoms with Crippen LogP contribution in [0.15, 0.2) is 30.7 Å². The number of carbonyl (C=O) groups excluding carboxylic acids is 1. The third-order valence-corrected chi connectivity index (χ3v) is 5.53. The van der Waals surface area contributed by atoms with Crippen molar-refractivity contribution in [2.75, 3.05) is 31.5 Å². The second kappa shape index (κ2) is 7.61. The number of anilines is 2. The molecular formula is C20H22ClN7O. The lowest BCUT2D eigenvalue weighted by Gasteiger charge is -2.26. The van der Waals surface area contributed by atoms with Crippen molar-refractivity contribution in [2.45, 2.75) is 19.4 Å². The minimum Gasteiger partial charge on any atom is -0.335 e. The van der Waals surface area contributed by atoms with Gasteiger partial charge in [0.05, 0.1) is 11.8 Å². The molecular weight excluding hydrogens is 390 g/mol. The van der Waals surface area contributed by atoms with E-state index in [4.69, 9.17) is 11.6 Å². The van der Waals surface area contributed by atoms with Gasteiger partial charge in [0, 0.05) is 49.3 Å². The van der Waals surface area contributed by atoms with Gasteiger partial charge in [-0.15, -0.1) is 0 Å². The maximum absolute atomic E-state index is 12.9. The number of aromatic nitrogens is 4. The zero-order valence-electron chi connectivity index (χ0n) is 15.9. The highest BCUT2D eigenvalue weighted by molar-refractivity contribution is 6.31. The van der Waals surface area contributed by atoms with Gasteiger partial charge < -0.3 is 20.1 Å². The van der Waals surface area contributed by atoms with E-state index >= 15 is 0 Å². The molecule has 8 nitrogen and oxygen atoms in total. The predicted octanol–water partition coefficient (Wildman–Crippen LogP) is 2.68. The second-order valence-electron chi connectivity index (χ2n) is 7.62. The molecule has 1 amide bonds. The number of rotatable bonds is 5. The highest BCUT2D eigenvalue weighted by Crippen LogP contribution is 2.31. The first-order valence-corrected chi connectivity index (χ1v) is 10.3. The number of fused-ring (bicyclic) bond motifs is 1. The summed E-state index contributed by atoms with van der Waals surface area (Å²) in [6.07, 6.45) is 6.36. The van der Waals surface area contributed by atoms with E-state index in [9.17, 15) is 4.79 Å². The van der Waals surface area contributed by atoms with Crippen LogP contribution in [-0.2, 0) is 6.54 Å². The zero-order chi connectivity index (χ0) is 19.8. The number of piperazine rings is 1. The van der Waals surface area contributed by atoms with Crippen LogP contribution in [0.4, 0.5) is 11.6 Å². The SMILES string of the molecule is O=C(c1nc(Nc2cn(CC3CC3)cn2)c2cc(Cl)ccc2n1)N1CCNCC1. The van der Waals surface area contributed by atoms with Gasteiger partial charge in [0.25, 0.3) is 5.91 Å². The number of nitrogens with one attached hydrogen (secondary N) is 2. The molecule has 2 aliphatic rings. The molecule has 5 rings (SSSR count). The molecule has 2 aromatic heterocycles. The molecule has 0 unspecified atom stereocenters. The summed E-state index contributed by atoms with van der Waals surface area (Å²) in [6.45, 7) is 3.83. The van der Waals surface area contributed by atoms with Crippen molar-refractivity contribution in [3.63, 3.8) is 0 Å². The Morgan fingerprint density at radius 2 is 2.07 bits per heavy atom. The minimum absolute atomic E-state index is 0.161. The van der Waals surface area contributed by atoms with Crippen molar-refractivity contribution in [1.29, 1.82) is 0 Å². The van der Waals surface area contributed by atoms with Crippen LogP contribution in [0.2, 0.25) is 5.02 Å². The Hall–Kier alpha value is -2.71. The first-order valence-electron chi connectivity index (χ1n) is 9.92. The van der Waals surface area contributed by atoms with Crippen LogP contribution in [0.3, 0.4) is 0 Å². The zero-order valence-corrected chi connectivity index (χ0v) is 16.7. The molecule has 1 saturated carbocycles. The fraction of sp³-hybridized carbons (Fsp3) is 0.400. The largest absolute Gasteiger partial charge is 0.335 e. The summed E-state index contributed by atoms with van der Waals surface area (Å²) in [5.74, 6) is 2.00. The average Bonchev–Trinajstić information content (AvgIpc) is 3.45. The van der Waals surface area contributed by atoms with Crippen molar-refractivity contribution in [3.8, 4) is 0 Å². The fourth-order valence-electron chi connectivity index (χ4n) is 3.55. The summed E-state index contributed by atoms with van der Waals surface area (Å²) < 4.78 is 2.09. The molecule has 1 aliphatic heterocycles. The van der Waals surface area contributed by atoms with E-state index in [2.05, 4.69) is 30.2 Å². The number of imidazole rings is 1. The number of hydrogen-bond donors (Lipinski definition) is 2. The molecule has 1 saturated heterocycles. The van der Waals surface area contributed by atoms with E-state index in [1.165, 1.54) is 12.8 Å². The Bertz CT molecular complexity index is 1060. The van der Waals surface area contributed by atoms with E-state index in [1.807, 2.05) is 18.6 Å². The van der Waals surface area contributed by atoms with Crippen LogP contribution in [0, 0.1) is 5.92 Å². The maximum Gasteiger partial charge on any atom is 0.291 e. The van der Waals surface area contributed by atoms with Gasteiger partial charge in [-0.05, 0) is 37.0 Å². The lowest BCUT2D eigenvalue weighted by atomic mass is 10.2. The molecule has 0 radical (unpaired) electrons. The van der Waals surface area contributed by atoms with Crippen LogP contribution < -0.4 is 10.6 Å². The Kier molecular flexibility index (Phi) is 4.81. The number of amides is 1. The lowest BCUT2D eigenvalue weighted by molar-refractivity contribution is 0.0724. The van der Waals surface area contributed by atoms with Crippen molar-refractivity contribution in [3.05, 3.63) is 41.6 Å². The number of carbonyl (C=O) groups is 1. The van der Waals surface area contributed by atoms with Crippen molar-refractivity contribution < 1.29 is 4.79 Å². The summed E-state index contributed by atoms with van der Waals surface area (Å²) in [5, 5.41) is 7.85. The minimum atomic E-state index is -0.161. The molecule has 3 heterocycles. The molecule has 2 N–H and O–H groups in total. The Balaban J connectivity index is 1.48. The van der Waals surface area contributed by atoms with E-state index in [1.54, 1.807) is 17.0 Å². The molecule has 1 aromatic carbocycles. The van der Waals surface area contributed by atoms with E-state index in [-0.39, 0.29) is 11.7 Å². The second-order valence-corrected chi connectivity index (χ2v) is 8.06. The normalized spacial score (nSPS) is 16.9. The van der Waals surface area contributed by atoms with Crippen LogP contribution in [0.25, 0.3) is 10.9 Å². The maximum atomic E-state index is 12.9. The smallest absolute Gasteiger partial charge is 0.291 e. The number of nitrogens with zero attached hydrogens (tertiary/aromatic N) is 5. The molecule has 3 aromatic rings. The third kappa shape index (κ3) is 4.04. The standard InChI is InChI=1S/C20H22ClN7O/c21-14-3-4-16-15(9-14)18(25-17-11-27(12-23-17)10-13-1-2-13)26-19(24-16)20(29)28-7-5-22-6-8-28/h3-4,9,11-13,22H,1-2,5-8,10H2,(H,24,25,26). The van der Waals surface area contributed by atoms with Crippen molar-refractivity contribution in [2.24, 2.45) is 5.92 Å². The van der Waals surface area contributed by atoms with Crippen LogP contribution in [0.5, 0.6) is 0 Å². The first-order chi connectivity index (χ1) is 14.2. The summed E-state index contributed by atoms with van der Waals surface area (Å²) in [7, 11) is 0. The molecule has 1 aliphatic carbocycles. The summed E-state index contributed by atoms with van der Waals surface area (Å²) in [6, 6.07) is 5.38. The number of benzene rings is 1. The van der Waals surface area contributed by atoms with Crippen LogP contribution in [0.1, 0.15) is 23.5 Å². The molecule has 29 heavy (non-hydrogen) atoms. The topological polar surface area (TPSA) is 88.0 Å². The molecule has 0 bridgehead atoms. The molecule has 9 heteroatoms. The highest BCUT2D eigenvalue weighted by atomic mass is 35.5. The van der Waals surface area contributed by atoms with Gasteiger partial charge in [-0.25, -0.2) is 15.0 Å². The van der Waals surface area contributed by atoms with Gasteiger partial charge in [-0.3, -0.25) is 4.79 Å². The molecule has 150 valence electrons. The molecule has 2 fully saturated rings. The molecule has 0 atom stereocenters. The average molecular weight is 412 g/mol. The van der Waals surface area contributed by atoms with Gasteiger partial charge in [-0.2, -0.15) is 0 Å². The summed E-state index contributed by atoms with van der Waals surface area (Å²) in [5.41, 5.74) is 0.669. The van der Waals surface area contributed by atoms with E-state index in [0.29, 0.717) is 35.3 Å². The highest BCUT2D eigenvalue weighted by Gasteiger charge is 2.23. The lowest BCUT2D eigenvalue weighted by Crippen LogP contribution is -2.46. The molecule has 0 spiro atoms. The van der Waals surface area contributed by atoms with Gasteiger partial charge >= 0.3 is 0 Å².